The van der Waals surface area contributed by atoms with Crippen molar-refractivity contribution in [2.75, 3.05) is 12.4 Å². The van der Waals surface area contributed by atoms with Gasteiger partial charge in [0, 0.05) is 23.1 Å². The molecule has 0 unspecified atom stereocenters. The molecule has 0 aliphatic rings. The van der Waals surface area contributed by atoms with Gasteiger partial charge in [-0.2, -0.15) is 0 Å². The van der Waals surface area contributed by atoms with E-state index >= 15 is 0 Å². The van der Waals surface area contributed by atoms with Crippen LogP contribution in [0.5, 0.6) is 11.5 Å². The summed E-state index contributed by atoms with van der Waals surface area (Å²) in [4.78, 5) is 4.19. The number of ether oxygens (including phenoxy) is 2. The second-order valence-corrected chi connectivity index (χ2v) is 6.96. The third-order valence-corrected chi connectivity index (χ3v) is 4.68. The average molecular weight is 395 g/mol. The molecule has 3 rings (SSSR count). The van der Waals surface area contributed by atoms with Crippen LogP contribution in [-0.4, -0.2) is 12.1 Å². The normalized spacial score (nSPS) is 10.5. The van der Waals surface area contributed by atoms with Crippen LogP contribution in [0, 0.1) is 0 Å². The summed E-state index contributed by atoms with van der Waals surface area (Å²) in [5.41, 5.74) is 1.94. The second kappa shape index (κ2) is 8.43. The lowest BCUT2D eigenvalue weighted by atomic mass is 10.2. The molecule has 0 bridgehead atoms. The van der Waals surface area contributed by atoms with Crippen molar-refractivity contribution in [2.24, 2.45) is 0 Å². The molecule has 0 fully saturated rings. The number of hydrogen-bond donors (Lipinski definition) is 1. The molecule has 0 saturated heterocycles. The predicted molar refractivity (Wildman–Crippen MR) is 103 cm³/mol. The number of aromatic nitrogens is 1. The second-order valence-electron chi connectivity index (χ2n) is 5.22. The fourth-order valence-corrected chi connectivity index (χ4v) is 3.31. The van der Waals surface area contributed by atoms with Crippen molar-refractivity contribution in [3.8, 4) is 11.5 Å². The minimum atomic E-state index is 0.355. The van der Waals surface area contributed by atoms with E-state index in [4.69, 9.17) is 32.7 Å². The predicted octanol–water partition coefficient (Wildman–Crippen LogP) is 5.65. The van der Waals surface area contributed by atoms with Gasteiger partial charge in [-0.1, -0.05) is 35.3 Å². The highest BCUT2D eigenvalue weighted by molar-refractivity contribution is 7.13. The van der Waals surface area contributed by atoms with Crippen LogP contribution in [0.15, 0.2) is 48.0 Å². The topological polar surface area (TPSA) is 43.4 Å². The van der Waals surface area contributed by atoms with Crippen LogP contribution in [0.3, 0.4) is 0 Å². The summed E-state index contributed by atoms with van der Waals surface area (Å²) in [6, 6.07) is 11.3. The zero-order valence-electron chi connectivity index (χ0n) is 13.5. The maximum Gasteiger partial charge on any atom is 0.182 e. The van der Waals surface area contributed by atoms with Crippen molar-refractivity contribution in [2.45, 2.75) is 13.2 Å². The summed E-state index contributed by atoms with van der Waals surface area (Å²) >= 11 is 13.9. The van der Waals surface area contributed by atoms with E-state index in [0.717, 1.165) is 16.3 Å². The molecule has 0 amide bonds. The first-order valence-electron chi connectivity index (χ1n) is 7.52. The van der Waals surface area contributed by atoms with Gasteiger partial charge in [0.15, 0.2) is 16.6 Å². The molecule has 3 aromatic rings. The number of thiazole rings is 1. The molecule has 0 aliphatic carbocycles. The Morgan fingerprint density at radius 2 is 2.04 bits per heavy atom. The molecule has 0 aliphatic heterocycles. The third-order valence-electron chi connectivity index (χ3n) is 3.44. The smallest absolute Gasteiger partial charge is 0.182 e. The Morgan fingerprint density at radius 1 is 1.16 bits per heavy atom. The molecule has 4 nitrogen and oxygen atoms in total. The first-order valence-corrected chi connectivity index (χ1v) is 9.16. The average Bonchev–Trinajstić information content (AvgIpc) is 3.12. The Bertz CT molecular complexity index is 841. The Morgan fingerprint density at radius 3 is 2.76 bits per heavy atom. The summed E-state index contributed by atoms with van der Waals surface area (Å²) in [5.74, 6) is 1.10. The number of methoxy groups -OCH3 is 1. The van der Waals surface area contributed by atoms with E-state index in [1.54, 1.807) is 24.6 Å². The van der Waals surface area contributed by atoms with E-state index in [0.29, 0.717) is 34.7 Å². The molecule has 0 radical (unpaired) electrons. The minimum Gasteiger partial charge on any atom is -0.493 e. The maximum absolute atomic E-state index is 6.40. The number of halogens is 2. The van der Waals surface area contributed by atoms with Crippen LogP contribution in [0.4, 0.5) is 5.13 Å². The first-order chi connectivity index (χ1) is 12.2. The van der Waals surface area contributed by atoms with Gasteiger partial charge in [0.25, 0.3) is 0 Å². The van der Waals surface area contributed by atoms with Crippen LogP contribution in [0.1, 0.15) is 11.1 Å². The molecule has 0 saturated carbocycles. The molecule has 1 heterocycles. The fourth-order valence-electron chi connectivity index (χ4n) is 2.29. The van der Waals surface area contributed by atoms with Crippen LogP contribution in [-0.2, 0) is 13.2 Å². The van der Waals surface area contributed by atoms with E-state index in [1.165, 1.54) is 0 Å². The van der Waals surface area contributed by atoms with Crippen LogP contribution in [0.25, 0.3) is 0 Å². The maximum atomic E-state index is 6.40. The Labute approximate surface area is 160 Å². The Balaban J connectivity index is 1.72. The highest BCUT2D eigenvalue weighted by atomic mass is 35.5. The molecule has 25 heavy (non-hydrogen) atoms. The summed E-state index contributed by atoms with van der Waals surface area (Å²) in [5, 5.41) is 7.18. The number of rotatable bonds is 7. The van der Waals surface area contributed by atoms with Gasteiger partial charge in [0.1, 0.15) is 6.61 Å². The molecule has 130 valence electrons. The molecule has 7 heteroatoms. The minimum absolute atomic E-state index is 0.355. The van der Waals surface area contributed by atoms with Crippen LogP contribution < -0.4 is 14.8 Å². The van der Waals surface area contributed by atoms with Gasteiger partial charge in [0.2, 0.25) is 0 Å². The van der Waals surface area contributed by atoms with Crippen molar-refractivity contribution in [1.29, 1.82) is 0 Å². The lowest BCUT2D eigenvalue weighted by molar-refractivity contribution is 0.284. The monoisotopic (exact) mass is 394 g/mol. The van der Waals surface area contributed by atoms with Gasteiger partial charge in [0.05, 0.1) is 12.1 Å². The molecule has 0 spiro atoms. The quantitative estimate of drug-likeness (QED) is 0.562. The lowest BCUT2D eigenvalue weighted by Crippen LogP contribution is -2.02. The Hall–Kier alpha value is -1.95. The van der Waals surface area contributed by atoms with Crippen molar-refractivity contribution >= 4 is 39.7 Å². The van der Waals surface area contributed by atoms with Crippen molar-refractivity contribution < 1.29 is 9.47 Å². The molecule has 2 aromatic carbocycles. The Kier molecular flexibility index (Phi) is 6.02. The number of anilines is 1. The molecular weight excluding hydrogens is 379 g/mol. The van der Waals surface area contributed by atoms with Crippen molar-refractivity contribution in [1.82, 2.24) is 4.98 Å². The van der Waals surface area contributed by atoms with Gasteiger partial charge in [-0.05, 0) is 35.4 Å². The fraction of sp³-hybridized carbons (Fsp3) is 0.167. The van der Waals surface area contributed by atoms with Gasteiger partial charge in [-0.3, -0.25) is 0 Å². The summed E-state index contributed by atoms with van der Waals surface area (Å²) in [6.45, 7) is 0.950. The lowest BCUT2D eigenvalue weighted by Gasteiger charge is -2.14. The largest absolute Gasteiger partial charge is 0.493 e. The highest BCUT2D eigenvalue weighted by Gasteiger charge is 2.13. The standard InChI is InChI=1S/C18H16Cl2N2O2S/c1-23-16-9-13(10-22-18-21-5-6-25-18)8-15(20)17(16)24-11-12-3-2-4-14(19)7-12/h2-9H,10-11H2,1H3,(H,21,22). The van der Waals surface area contributed by atoms with Crippen LogP contribution in [0.2, 0.25) is 10.0 Å². The van der Waals surface area contributed by atoms with Gasteiger partial charge in [-0.15, -0.1) is 11.3 Å². The van der Waals surface area contributed by atoms with Crippen LogP contribution >= 0.6 is 34.5 Å². The van der Waals surface area contributed by atoms with Crippen molar-refractivity contribution in [3.63, 3.8) is 0 Å². The number of nitrogens with zero attached hydrogens (tertiary/aromatic N) is 1. The highest BCUT2D eigenvalue weighted by Crippen LogP contribution is 2.37. The third kappa shape index (κ3) is 4.78. The van der Waals surface area contributed by atoms with E-state index in [-0.39, 0.29) is 0 Å². The van der Waals surface area contributed by atoms with Crippen molar-refractivity contribution in [3.05, 3.63) is 69.1 Å². The SMILES string of the molecule is COc1cc(CNc2nccs2)cc(Cl)c1OCc1cccc(Cl)c1. The summed E-state index contributed by atoms with van der Waals surface area (Å²) in [6.07, 6.45) is 1.76. The summed E-state index contributed by atoms with van der Waals surface area (Å²) in [7, 11) is 1.59. The molecular formula is C18H16Cl2N2O2S. The van der Waals surface area contributed by atoms with Gasteiger partial charge in [-0.25, -0.2) is 4.98 Å². The number of hydrogen-bond acceptors (Lipinski definition) is 5. The van der Waals surface area contributed by atoms with Gasteiger partial charge < -0.3 is 14.8 Å². The zero-order chi connectivity index (χ0) is 17.6. The molecule has 0 atom stereocenters. The number of benzene rings is 2. The summed E-state index contributed by atoms with van der Waals surface area (Å²) < 4.78 is 11.3. The number of nitrogens with one attached hydrogen (secondary N) is 1. The van der Waals surface area contributed by atoms with E-state index in [2.05, 4.69) is 10.3 Å². The zero-order valence-corrected chi connectivity index (χ0v) is 15.8. The van der Waals surface area contributed by atoms with E-state index in [1.807, 2.05) is 41.8 Å². The van der Waals surface area contributed by atoms with E-state index in [9.17, 15) is 0 Å². The first kappa shape index (κ1) is 17.9. The molecule has 1 N–H and O–H groups in total. The molecule has 1 aromatic heterocycles. The van der Waals surface area contributed by atoms with Gasteiger partial charge >= 0.3 is 0 Å². The van der Waals surface area contributed by atoms with E-state index < -0.39 is 0 Å².